The van der Waals surface area contributed by atoms with Crippen molar-refractivity contribution in [2.45, 2.75) is 39.8 Å². The molecule has 1 unspecified atom stereocenters. The molecule has 0 bridgehead atoms. The normalized spacial score (nSPS) is 12.4. The zero-order chi connectivity index (χ0) is 15.2. The van der Waals surface area contributed by atoms with Gasteiger partial charge in [0.05, 0.1) is 12.4 Å². The molecular weight excluding hydrogens is 330 g/mol. The summed E-state index contributed by atoms with van der Waals surface area (Å²) in [5, 5.41) is 7.74. The second-order valence-corrected chi connectivity index (χ2v) is 5.91. The molecule has 0 radical (unpaired) electrons. The first-order chi connectivity index (χ1) is 10.1. The van der Waals surface area contributed by atoms with Gasteiger partial charge in [0.25, 0.3) is 0 Å². The predicted octanol–water partition coefficient (Wildman–Crippen LogP) is 4.52. The van der Waals surface area contributed by atoms with E-state index in [4.69, 9.17) is 4.74 Å². The van der Waals surface area contributed by atoms with Crippen LogP contribution >= 0.6 is 15.9 Å². The van der Waals surface area contributed by atoms with Crippen LogP contribution in [0.2, 0.25) is 0 Å². The number of aryl methyl sites for hydroxylation is 1. The molecule has 0 fully saturated rings. The van der Waals surface area contributed by atoms with Gasteiger partial charge in [-0.05, 0) is 45.0 Å². The number of halogens is 1. The van der Waals surface area contributed by atoms with Crippen LogP contribution < -0.4 is 10.1 Å². The van der Waals surface area contributed by atoms with Crippen molar-refractivity contribution in [3.63, 3.8) is 0 Å². The van der Waals surface area contributed by atoms with Crippen molar-refractivity contribution >= 4 is 15.9 Å². The molecule has 1 aromatic carbocycles. The van der Waals surface area contributed by atoms with Gasteiger partial charge in [0.15, 0.2) is 5.75 Å². The van der Waals surface area contributed by atoms with Crippen molar-refractivity contribution in [3.05, 3.63) is 40.6 Å². The molecule has 4 nitrogen and oxygen atoms in total. The van der Waals surface area contributed by atoms with Crippen molar-refractivity contribution < 1.29 is 4.74 Å². The average Bonchev–Trinajstić information content (AvgIpc) is 2.94. The van der Waals surface area contributed by atoms with E-state index in [1.807, 2.05) is 23.0 Å². The molecule has 1 N–H and O–H groups in total. The van der Waals surface area contributed by atoms with Gasteiger partial charge in [-0.3, -0.25) is 4.68 Å². The van der Waals surface area contributed by atoms with Gasteiger partial charge in [-0.1, -0.05) is 22.9 Å². The third-order valence-corrected chi connectivity index (χ3v) is 3.79. The van der Waals surface area contributed by atoms with Crippen LogP contribution in [0.3, 0.4) is 0 Å². The maximum absolute atomic E-state index is 6.00. The topological polar surface area (TPSA) is 39.1 Å². The Morgan fingerprint density at radius 3 is 2.86 bits per heavy atom. The summed E-state index contributed by atoms with van der Waals surface area (Å²) >= 11 is 3.53. The highest BCUT2D eigenvalue weighted by Gasteiger charge is 2.13. The van der Waals surface area contributed by atoms with Crippen LogP contribution in [0.15, 0.2) is 35.1 Å². The van der Waals surface area contributed by atoms with E-state index in [0.29, 0.717) is 0 Å². The van der Waals surface area contributed by atoms with Crippen molar-refractivity contribution in [1.82, 2.24) is 15.1 Å². The standard InChI is InChI=1S/C16H22BrN3O/c1-4-8-18-12(3)15-9-13(17)6-7-16(15)21-14-10-19-20(5-2)11-14/h6-7,9-12,18H,4-5,8H2,1-3H3. The Bertz CT molecular complexity index is 583. The molecule has 0 saturated heterocycles. The lowest BCUT2D eigenvalue weighted by molar-refractivity contribution is 0.459. The number of rotatable bonds is 7. The van der Waals surface area contributed by atoms with Crippen LogP contribution in [0.1, 0.15) is 38.8 Å². The van der Waals surface area contributed by atoms with E-state index in [2.05, 4.69) is 53.2 Å². The van der Waals surface area contributed by atoms with E-state index in [0.717, 1.165) is 41.0 Å². The van der Waals surface area contributed by atoms with Gasteiger partial charge in [0.2, 0.25) is 0 Å². The van der Waals surface area contributed by atoms with E-state index in [9.17, 15) is 0 Å². The molecule has 0 aliphatic carbocycles. The second-order valence-electron chi connectivity index (χ2n) is 4.99. The number of benzene rings is 1. The van der Waals surface area contributed by atoms with Crippen molar-refractivity contribution in [2.75, 3.05) is 6.54 Å². The van der Waals surface area contributed by atoms with E-state index < -0.39 is 0 Å². The van der Waals surface area contributed by atoms with Gasteiger partial charge in [0, 0.05) is 22.6 Å². The lowest BCUT2D eigenvalue weighted by Crippen LogP contribution is -2.19. The molecule has 0 amide bonds. The first kappa shape index (κ1) is 16.0. The van der Waals surface area contributed by atoms with Gasteiger partial charge in [-0.2, -0.15) is 5.10 Å². The van der Waals surface area contributed by atoms with Crippen molar-refractivity contribution in [1.29, 1.82) is 0 Å². The predicted molar refractivity (Wildman–Crippen MR) is 88.8 cm³/mol. The smallest absolute Gasteiger partial charge is 0.165 e. The minimum absolute atomic E-state index is 0.235. The van der Waals surface area contributed by atoms with Crippen LogP contribution in [-0.4, -0.2) is 16.3 Å². The molecule has 0 aliphatic rings. The van der Waals surface area contributed by atoms with Crippen LogP contribution in [0, 0.1) is 0 Å². The van der Waals surface area contributed by atoms with E-state index >= 15 is 0 Å². The number of nitrogens with one attached hydrogen (secondary N) is 1. The van der Waals surface area contributed by atoms with Gasteiger partial charge >= 0.3 is 0 Å². The fourth-order valence-corrected chi connectivity index (χ4v) is 2.50. The van der Waals surface area contributed by atoms with Crippen molar-refractivity contribution in [2.24, 2.45) is 0 Å². The summed E-state index contributed by atoms with van der Waals surface area (Å²) < 4.78 is 8.91. The highest BCUT2D eigenvalue weighted by atomic mass is 79.9. The zero-order valence-electron chi connectivity index (χ0n) is 12.8. The Labute approximate surface area is 134 Å². The van der Waals surface area contributed by atoms with E-state index in [1.165, 1.54) is 0 Å². The van der Waals surface area contributed by atoms with E-state index in [1.54, 1.807) is 6.20 Å². The molecule has 1 atom stereocenters. The highest BCUT2D eigenvalue weighted by molar-refractivity contribution is 9.10. The Morgan fingerprint density at radius 1 is 1.38 bits per heavy atom. The summed E-state index contributed by atoms with van der Waals surface area (Å²) in [5.41, 5.74) is 1.14. The molecule has 5 heteroatoms. The largest absolute Gasteiger partial charge is 0.454 e. The summed E-state index contributed by atoms with van der Waals surface area (Å²) in [5.74, 6) is 1.63. The summed E-state index contributed by atoms with van der Waals surface area (Å²) in [4.78, 5) is 0. The number of nitrogens with zero attached hydrogens (tertiary/aromatic N) is 2. The fourth-order valence-electron chi connectivity index (χ4n) is 2.12. The van der Waals surface area contributed by atoms with Gasteiger partial charge in [-0.25, -0.2) is 0 Å². The number of ether oxygens (including phenoxy) is 1. The molecule has 2 aromatic rings. The summed E-state index contributed by atoms with van der Waals surface area (Å²) in [6.45, 7) is 8.20. The van der Waals surface area contributed by atoms with E-state index in [-0.39, 0.29) is 6.04 Å². The molecule has 0 spiro atoms. The Kier molecular flexibility index (Phi) is 5.82. The van der Waals surface area contributed by atoms with Gasteiger partial charge < -0.3 is 10.1 Å². The number of hydrogen-bond donors (Lipinski definition) is 1. The van der Waals surface area contributed by atoms with Crippen LogP contribution in [-0.2, 0) is 6.54 Å². The first-order valence-corrected chi connectivity index (χ1v) is 8.16. The molecule has 0 aliphatic heterocycles. The Morgan fingerprint density at radius 2 is 2.19 bits per heavy atom. The minimum atomic E-state index is 0.235. The summed E-state index contributed by atoms with van der Waals surface area (Å²) in [7, 11) is 0. The summed E-state index contributed by atoms with van der Waals surface area (Å²) in [6, 6.07) is 6.33. The molecule has 1 aromatic heterocycles. The lowest BCUT2D eigenvalue weighted by Gasteiger charge is -2.18. The summed E-state index contributed by atoms with van der Waals surface area (Å²) in [6.07, 6.45) is 4.77. The quantitative estimate of drug-likeness (QED) is 0.796. The highest BCUT2D eigenvalue weighted by Crippen LogP contribution is 2.32. The fraction of sp³-hybridized carbons (Fsp3) is 0.438. The Balaban J connectivity index is 2.21. The molecule has 1 heterocycles. The van der Waals surface area contributed by atoms with Gasteiger partial charge in [0.1, 0.15) is 5.75 Å². The number of hydrogen-bond acceptors (Lipinski definition) is 3. The maximum atomic E-state index is 6.00. The van der Waals surface area contributed by atoms with Crippen LogP contribution in [0.25, 0.3) is 0 Å². The third-order valence-electron chi connectivity index (χ3n) is 3.30. The third kappa shape index (κ3) is 4.32. The molecule has 2 rings (SSSR count). The monoisotopic (exact) mass is 351 g/mol. The minimum Gasteiger partial charge on any atom is -0.454 e. The van der Waals surface area contributed by atoms with Crippen LogP contribution in [0.4, 0.5) is 0 Å². The maximum Gasteiger partial charge on any atom is 0.165 e. The lowest BCUT2D eigenvalue weighted by atomic mass is 10.1. The number of aromatic nitrogens is 2. The van der Waals surface area contributed by atoms with Crippen LogP contribution in [0.5, 0.6) is 11.5 Å². The Hall–Kier alpha value is -1.33. The van der Waals surface area contributed by atoms with Crippen molar-refractivity contribution in [3.8, 4) is 11.5 Å². The molecule has 114 valence electrons. The average molecular weight is 352 g/mol. The molecular formula is C16H22BrN3O. The molecule has 21 heavy (non-hydrogen) atoms. The first-order valence-electron chi connectivity index (χ1n) is 7.37. The SMILES string of the molecule is CCCNC(C)c1cc(Br)ccc1Oc1cnn(CC)c1. The second kappa shape index (κ2) is 7.61. The molecule has 0 saturated carbocycles. The van der Waals surface area contributed by atoms with Gasteiger partial charge in [-0.15, -0.1) is 0 Å². The zero-order valence-corrected chi connectivity index (χ0v) is 14.4.